The third-order valence-corrected chi connectivity index (χ3v) is 1.57. The molecule has 0 saturated heterocycles. The Labute approximate surface area is 71.9 Å². The summed E-state index contributed by atoms with van der Waals surface area (Å²) in [6, 6.07) is 0.0565. The molecule has 1 rings (SSSR count). The van der Waals surface area contributed by atoms with Crippen molar-refractivity contribution in [2.24, 2.45) is 0 Å². The van der Waals surface area contributed by atoms with Crippen molar-refractivity contribution in [2.45, 2.75) is 26.7 Å². The van der Waals surface area contributed by atoms with E-state index >= 15 is 0 Å². The Kier molecular flexibility index (Phi) is 1.29. The Balaban J connectivity index is 3.60. The van der Waals surface area contributed by atoms with Gasteiger partial charge in [-0.25, -0.2) is 0 Å². The van der Waals surface area contributed by atoms with Crippen LogP contribution in [0, 0.1) is 6.92 Å². The highest BCUT2D eigenvalue weighted by Gasteiger charge is 2.00. The summed E-state index contributed by atoms with van der Waals surface area (Å²) in [5.41, 5.74) is 0.752. The topological polar surface area (TPSA) is 20.2 Å². The molecule has 1 aromatic carbocycles. The van der Waals surface area contributed by atoms with Crippen molar-refractivity contribution >= 4 is 0 Å². The average Bonchev–Trinajstić information content (AvgIpc) is 2.11. The number of rotatable bonds is 1. The van der Waals surface area contributed by atoms with Gasteiger partial charge in [-0.3, -0.25) is 0 Å². The predicted molar refractivity (Wildman–Crippen MR) is 46.9 cm³/mol. The van der Waals surface area contributed by atoms with Crippen LogP contribution in [0.3, 0.4) is 0 Å². The summed E-state index contributed by atoms with van der Waals surface area (Å²) in [6.45, 7) is 5.25. The van der Waals surface area contributed by atoms with Gasteiger partial charge < -0.3 is 5.11 Å². The maximum absolute atomic E-state index is 9.55. The molecular formula is C10H14O. The molecule has 0 bridgehead atoms. The Morgan fingerprint density at radius 3 is 2.64 bits per heavy atom. The Morgan fingerprint density at radius 1 is 1.45 bits per heavy atom. The van der Waals surface area contributed by atoms with E-state index in [0.717, 1.165) is 0 Å². The van der Waals surface area contributed by atoms with Crippen molar-refractivity contribution < 1.29 is 9.22 Å². The van der Waals surface area contributed by atoms with Crippen molar-refractivity contribution in [3.8, 4) is 5.75 Å². The van der Waals surface area contributed by atoms with Gasteiger partial charge in [0, 0.05) is 0 Å². The van der Waals surface area contributed by atoms with E-state index in [1.54, 1.807) is 6.92 Å². The first-order valence-electron chi connectivity index (χ1n) is 5.17. The molecule has 1 heteroatoms. The van der Waals surface area contributed by atoms with Crippen LogP contribution in [0.25, 0.3) is 0 Å². The van der Waals surface area contributed by atoms with Crippen LogP contribution in [-0.4, -0.2) is 5.11 Å². The third kappa shape index (κ3) is 1.73. The first-order valence-corrected chi connectivity index (χ1v) is 3.67. The Bertz CT molecular complexity index is 343. The van der Waals surface area contributed by atoms with E-state index in [1.165, 1.54) is 0 Å². The van der Waals surface area contributed by atoms with E-state index in [2.05, 4.69) is 0 Å². The maximum Gasteiger partial charge on any atom is 0.118 e. The first-order chi connectivity index (χ1) is 6.37. The normalized spacial score (nSPS) is 14.4. The van der Waals surface area contributed by atoms with E-state index in [4.69, 9.17) is 4.11 Å². The fourth-order valence-electron chi connectivity index (χ4n) is 0.762. The van der Waals surface area contributed by atoms with E-state index in [0.29, 0.717) is 11.1 Å². The monoisotopic (exact) mass is 153 g/mol. The van der Waals surface area contributed by atoms with Crippen LogP contribution >= 0.6 is 0 Å². The van der Waals surface area contributed by atoms with Gasteiger partial charge >= 0.3 is 0 Å². The van der Waals surface area contributed by atoms with Crippen molar-refractivity contribution in [3.63, 3.8) is 0 Å². The first kappa shape index (κ1) is 4.81. The highest BCUT2D eigenvalue weighted by molar-refractivity contribution is 5.36. The molecule has 0 spiro atoms. The molecule has 1 aromatic rings. The van der Waals surface area contributed by atoms with E-state index in [-0.39, 0.29) is 29.8 Å². The lowest BCUT2D eigenvalue weighted by Crippen LogP contribution is -1.86. The fraction of sp³-hybridized carbons (Fsp3) is 0.400. The van der Waals surface area contributed by atoms with Crippen molar-refractivity contribution in [1.82, 2.24) is 0 Å². The van der Waals surface area contributed by atoms with Gasteiger partial charge in [0.05, 0.1) is 4.11 Å². The highest BCUT2D eigenvalue weighted by Crippen LogP contribution is 2.22. The van der Waals surface area contributed by atoms with Crippen LogP contribution in [0.1, 0.15) is 35.0 Å². The average molecular weight is 153 g/mol. The summed E-state index contributed by atoms with van der Waals surface area (Å²) in [5, 5.41) is 9.55. The van der Waals surface area contributed by atoms with Gasteiger partial charge in [0.2, 0.25) is 0 Å². The number of benzene rings is 1. The second-order valence-corrected chi connectivity index (χ2v) is 2.92. The molecule has 0 aliphatic heterocycles. The molecule has 0 aliphatic rings. The zero-order valence-corrected chi connectivity index (χ0v) is 7.02. The molecule has 1 N–H and O–H groups in total. The summed E-state index contributed by atoms with van der Waals surface area (Å²) in [6.07, 6.45) is 0. The second kappa shape index (κ2) is 2.95. The second-order valence-electron chi connectivity index (χ2n) is 2.92. The lowest BCUT2D eigenvalue weighted by molar-refractivity contribution is 0.470. The molecular weight excluding hydrogens is 136 g/mol. The predicted octanol–water partition coefficient (Wildman–Crippen LogP) is 2.82. The Hall–Kier alpha value is -0.980. The lowest BCUT2D eigenvalue weighted by Gasteiger charge is -2.06. The van der Waals surface area contributed by atoms with Gasteiger partial charge in [0.15, 0.2) is 0 Å². The lowest BCUT2D eigenvalue weighted by atomic mass is 10.0. The van der Waals surface area contributed by atoms with Crippen LogP contribution in [0.4, 0.5) is 0 Å². The highest BCUT2D eigenvalue weighted by atomic mass is 16.3. The van der Waals surface area contributed by atoms with Gasteiger partial charge in [-0.2, -0.15) is 0 Å². The van der Waals surface area contributed by atoms with E-state index in [9.17, 15) is 5.11 Å². The van der Waals surface area contributed by atoms with Crippen LogP contribution in [0.5, 0.6) is 5.75 Å². The fourth-order valence-corrected chi connectivity index (χ4v) is 0.762. The van der Waals surface area contributed by atoms with Gasteiger partial charge in [0.25, 0.3) is 0 Å². The number of phenols is 1. The van der Waals surface area contributed by atoms with Crippen LogP contribution in [-0.2, 0) is 0 Å². The zero-order valence-electron chi connectivity index (χ0n) is 10.0. The smallest absolute Gasteiger partial charge is 0.118 e. The SMILES string of the molecule is [2H]c1c([2H])c(C(C)C)c([2H])c(O)c1C. The third-order valence-electron chi connectivity index (χ3n) is 1.57. The minimum absolute atomic E-state index is 0.0153. The molecule has 0 aromatic heterocycles. The number of aromatic hydroxyl groups is 1. The Morgan fingerprint density at radius 2 is 2.09 bits per heavy atom. The summed E-state index contributed by atoms with van der Waals surface area (Å²) < 4.78 is 22.9. The van der Waals surface area contributed by atoms with Crippen molar-refractivity contribution in [3.05, 3.63) is 29.3 Å². The zero-order chi connectivity index (χ0) is 11.0. The molecule has 0 unspecified atom stereocenters. The van der Waals surface area contributed by atoms with Crippen LogP contribution in [0.15, 0.2) is 18.1 Å². The molecule has 0 saturated carbocycles. The van der Waals surface area contributed by atoms with Crippen LogP contribution in [0.2, 0.25) is 0 Å². The summed E-state index contributed by atoms with van der Waals surface area (Å²) in [4.78, 5) is 0. The number of hydrogen-bond acceptors (Lipinski definition) is 1. The molecule has 0 radical (unpaired) electrons. The summed E-state index contributed by atoms with van der Waals surface area (Å²) in [5.74, 6) is -0.194. The van der Waals surface area contributed by atoms with E-state index in [1.807, 2.05) is 13.8 Å². The van der Waals surface area contributed by atoms with Crippen molar-refractivity contribution in [1.29, 1.82) is 0 Å². The summed E-state index contributed by atoms with van der Waals surface area (Å²) in [7, 11) is 0. The molecule has 0 heterocycles. The maximum atomic E-state index is 9.55. The standard InChI is InChI=1S/C10H14O/c1-7(2)9-5-4-8(3)10(11)6-9/h4-7,11H,1-3H3/i4D,5D,6D. The van der Waals surface area contributed by atoms with Gasteiger partial charge in [-0.1, -0.05) is 25.9 Å². The minimum Gasteiger partial charge on any atom is -0.508 e. The molecule has 11 heavy (non-hydrogen) atoms. The van der Waals surface area contributed by atoms with E-state index < -0.39 is 0 Å². The number of phenolic OH excluding ortho intramolecular Hbond substituents is 1. The largest absolute Gasteiger partial charge is 0.508 e. The van der Waals surface area contributed by atoms with Crippen molar-refractivity contribution in [2.75, 3.05) is 0 Å². The molecule has 0 atom stereocenters. The minimum atomic E-state index is -0.172. The van der Waals surface area contributed by atoms with Gasteiger partial charge in [0.1, 0.15) is 5.75 Å². The molecule has 1 nitrogen and oxygen atoms in total. The van der Waals surface area contributed by atoms with Gasteiger partial charge in [-0.05, 0) is 30.0 Å². The summed E-state index contributed by atoms with van der Waals surface area (Å²) >= 11 is 0. The molecule has 0 fully saturated rings. The quantitative estimate of drug-likeness (QED) is 0.657. The molecule has 0 amide bonds. The molecule has 0 aliphatic carbocycles. The van der Waals surface area contributed by atoms with Crippen LogP contribution < -0.4 is 0 Å². The molecule has 60 valence electrons. The number of hydrogen-bond donors (Lipinski definition) is 1. The van der Waals surface area contributed by atoms with Gasteiger partial charge in [-0.15, -0.1) is 0 Å².